The second kappa shape index (κ2) is 5.52. The van der Waals surface area contributed by atoms with Crippen molar-refractivity contribution in [1.82, 2.24) is 9.97 Å². The number of ether oxygens (including phenoxy) is 1. The van der Waals surface area contributed by atoms with Crippen molar-refractivity contribution in [3.8, 4) is 0 Å². The summed E-state index contributed by atoms with van der Waals surface area (Å²) in [4.78, 5) is 22.1. The largest absolute Gasteiger partial charge is 0.468 e. The quantitative estimate of drug-likeness (QED) is 0.804. The number of nitrogens with zero attached hydrogens (tertiary/aromatic N) is 3. The highest BCUT2D eigenvalue weighted by molar-refractivity contribution is 7.18. The zero-order valence-electron chi connectivity index (χ0n) is 11.5. The molecule has 0 radical (unpaired) electrons. The van der Waals surface area contributed by atoms with Crippen molar-refractivity contribution in [2.24, 2.45) is 0 Å². The van der Waals surface area contributed by atoms with Crippen LogP contribution in [0.25, 0.3) is 10.2 Å². The van der Waals surface area contributed by atoms with Crippen molar-refractivity contribution in [2.75, 3.05) is 18.6 Å². The number of aryl methyl sites for hydroxylation is 1. The Bertz CT molecular complexity index is 595. The SMILES string of the molecule is COC(=O)CN(c1ncnc2c(C)csc12)C(C)C. The van der Waals surface area contributed by atoms with Gasteiger partial charge in [-0.25, -0.2) is 9.97 Å². The van der Waals surface area contributed by atoms with Crippen LogP contribution in [0.15, 0.2) is 11.7 Å². The van der Waals surface area contributed by atoms with Gasteiger partial charge in [-0.3, -0.25) is 4.79 Å². The number of rotatable bonds is 4. The minimum Gasteiger partial charge on any atom is -0.468 e. The van der Waals surface area contributed by atoms with Gasteiger partial charge in [0.25, 0.3) is 0 Å². The van der Waals surface area contributed by atoms with E-state index in [1.165, 1.54) is 7.11 Å². The maximum absolute atomic E-state index is 11.5. The summed E-state index contributed by atoms with van der Waals surface area (Å²) in [6.45, 7) is 6.27. The molecule has 2 aromatic heterocycles. The van der Waals surface area contributed by atoms with E-state index in [4.69, 9.17) is 4.74 Å². The number of aromatic nitrogens is 2. The van der Waals surface area contributed by atoms with Crippen LogP contribution in [0.3, 0.4) is 0 Å². The molecule has 2 heterocycles. The fraction of sp³-hybridized carbons (Fsp3) is 0.462. The van der Waals surface area contributed by atoms with E-state index in [0.717, 1.165) is 21.6 Å². The lowest BCUT2D eigenvalue weighted by Gasteiger charge is -2.26. The molecule has 0 bridgehead atoms. The summed E-state index contributed by atoms with van der Waals surface area (Å²) in [7, 11) is 1.39. The summed E-state index contributed by atoms with van der Waals surface area (Å²) in [5, 5.41) is 2.06. The first kappa shape index (κ1) is 13.7. The van der Waals surface area contributed by atoms with E-state index < -0.39 is 0 Å². The van der Waals surface area contributed by atoms with Crippen molar-refractivity contribution in [2.45, 2.75) is 26.8 Å². The molecule has 102 valence electrons. The van der Waals surface area contributed by atoms with Crippen molar-refractivity contribution < 1.29 is 9.53 Å². The van der Waals surface area contributed by atoms with Gasteiger partial charge < -0.3 is 9.64 Å². The standard InChI is InChI=1S/C13H17N3O2S/c1-8(2)16(5-10(17)18-4)13-12-11(14-7-15-13)9(3)6-19-12/h6-8H,5H2,1-4H3. The number of fused-ring (bicyclic) bond motifs is 1. The number of thiophene rings is 1. The number of hydrogen-bond donors (Lipinski definition) is 0. The maximum atomic E-state index is 11.5. The second-order valence-corrected chi connectivity index (χ2v) is 5.47. The smallest absolute Gasteiger partial charge is 0.325 e. The topological polar surface area (TPSA) is 55.3 Å². The van der Waals surface area contributed by atoms with Gasteiger partial charge in [0, 0.05) is 6.04 Å². The number of methoxy groups -OCH3 is 1. The molecule has 0 aliphatic heterocycles. The lowest BCUT2D eigenvalue weighted by molar-refractivity contribution is -0.139. The molecular weight excluding hydrogens is 262 g/mol. The highest BCUT2D eigenvalue weighted by atomic mass is 32.1. The minimum atomic E-state index is -0.270. The summed E-state index contributed by atoms with van der Waals surface area (Å²) in [5.41, 5.74) is 2.08. The average molecular weight is 279 g/mol. The average Bonchev–Trinajstić information content (AvgIpc) is 2.77. The van der Waals surface area contributed by atoms with Gasteiger partial charge >= 0.3 is 5.97 Å². The lowest BCUT2D eigenvalue weighted by atomic mass is 10.2. The van der Waals surface area contributed by atoms with Crippen LogP contribution in [-0.2, 0) is 9.53 Å². The fourth-order valence-electron chi connectivity index (χ4n) is 1.87. The van der Waals surface area contributed by atoms with Gasteiger partial charge in [-0.1, -0.05) is 0 Å². The van der Waals surface area contributed by atoms with Crippen LogP contribution in [-0.4, -0.2) is 35.6 Å². The van der Waals surface area contributed by atoms with Gasteiger partial charge in [-0.05, 0) is 31.7 Å². The molecule has 0 fully saturated rings. The first-order valence-electron chi connectivity index (χ1n) is 6.06. The minimum absolute atomic E-state index is 0.152. The van der Waals surface area contributed by atoms with Gasteiger partial charge in [-0.2, -0.15) is 0 Å². The summed E-state index contributed by atoms with van der Waals surface area (Å²) in [6.07, 6.45) is 1.55. The molecule has 0 amide bonds. The van der Waals surface area contributed by atoms with Crippen LogP contribution in [0.1, 0.15) is 19.4 Å². The van der Waals surface area contributed by atoms with Gasteiger partial charge in [0.2, 0.25) is 0 Å². The Hall–Kier alpha value is -1.69. The van der Waals surface area contributed by atoms with Gasteiger partial charge in [0.15, 0.2) is 5.82 Å². The summed E-state index contributed by atoms with van der Waals surface area (Å²) in [5.74, 6) is 0.525. The molecule has 0 aliphatic carbocycles. The van der Waals surface area contributed by atoms with E-state index in [1.807, 2.05) is 25.7 Å². The molecule has 0 atom stereocenters. The molecular formula is C13H17N3O2S. The summed E-state index contributed by atoms with van der Waals surface area (Å²) < 4.78 is 5.76. The Balaban J connectivity index is 2.47. The highest BCUT2D eigenvalue weighted by Crippen LogP contribution is 2.31. The number of hydrogen-bond acceptors (Lipinski definition) is 6. The fourth-order valence-corrected chi connectivity index (χ4v) is 2.87. The predicted molar refractivity (Wildman–Crippen MR) is 76.7 cm³/mol. The van der Waals surface area contributed by atoms with Crippen LogP contribution in [0.4, 0.5) is 5.82 Å². The van der Waals surface area contributed by atoms with E-state index in [0.29, 0.717) is 0 Å². The Labute approximate surface area is 116 Å². The molecule has 0 saturated carbocycles. The predicted octanol–water partition coefficient (Wildman–Crippen LogP) is 2.39. The van der Waals surface area contributed by atoms with Crippen LogP contribution in [0.5, 0.6) is 0 Å². The monoisotopic (exact) mass is 279 g/mol. The van der Waals surface area contributed by atoms with E-state index in [2.05, 4.69) is 15.3 Å². The molecule has 5 nitrogen and oxygen atoms in total. The summed E-state index contributed by atoms with van der Waals surface area (Å²) in [6, 6.07) is 0.152. The number of anilines is 1. The van der Waals surface area contributed by atoms with E-state index in [-0.39, 0.29) is 18.6 Å². The third kappa shape index (κ3) is 2.68. The molecule has 0 aromatic carbocycles. The van der Waals surface area contributed by atoms with Gasteiger partial charge in [0.05, 0.1) is 17.3 Å². The Kier molecular flexibility index (Phi) is 3.99. The van der Waals surface area contributed by atoms with Gasteiger partial charge in [0.1, 0.15) is 12.9 Å². The van der Waals surface area contributed by atoms with Crippen LogP contribution < -0.4 is 4.90 Å². The number of carbonyl (C=O) groups excluding carboxylic acids is 1. The molecule has 0 unspecified atom stereocenters. The third-order valence-corrected chi connectivity index (χ3v) is 4.02. The third-order valence-electron chi connectivity index (χ3n) is 2.93. The van der Waals surface area contributed by atoms with Crippen molar-refractivity contribution in [3.63, 3.8) is 0 Å². The zero-order valence-corrected chi connectivity index (χ0v) is 12.3. The molecule has 19 heavy (non-hydrogen) atoms. The normalized spacial score (nSPS) is 11.0. The first-order chi connectivity index (χ1) is 9.04. The molecule has 0 aliphatic rings. The Morgan fingerprint density at radius 2 is 2.21 bits per heavy atom. The molecule has 0 saturated heterocycles. The second-order valence-electron chi connectivity index (χ2n) is 4.59. The van der Waals surface area contributed by atoms with E-state index >= 15 is 0 Å². The number of esters is 1. The Morgan fingerprint density at radius 1 is 1.47 bits per heavy atom. The van der Waals surface area contributed by atoms with E-state index in [1.54, 1.807) is 17.7 Å². The molecule has 0 spiro atoms. The maximum Gasteiger partial charge on any atom is 0.325 e. The van der Waals surface area contributed by atoms with Crippen molar-refractivity contribution >= 4 is 33.3 Å². The molecule has 2 rings (SSSR count). The van der Waals surface area contributed by atoms with Gasteiger partial charge in [-0.15, -0.1) is 11.3 Å². The molecule has 6 heteroatoms. The molecule has 0 N–H and O–H groups in total. The van der Waals surface area contributed by atoms with Crippen LogP contribution in [0, 0.1) is 6.92 Å². The first-order valence-corrected chi connectivity index (χ1v) is 6.94. The van der Waals surface area contributed by atoms with Crippen LogP contribution >= 0.6 is 11.3 Å². The van der Waals surface area contributed by atoms with Crippen molar-refractivity contribution in [3.05, 3.63) is 17.3 Å². The molecule has 2 aromatic rings. The zero-order chi connectivity index (χ0) is 14.0. The van der Waals surface area contributed by atoms with Crippen molar-refractivity contribution in [1.29, 1.82) is 0 Å². The Morgan fingerprint density at radius 3 is 2.84 bits per heavy atom. The number of carbonyl (C=O) groups is 1. The lowest BCUT2D eigenvalue weighted by Crippen LogP contribution is -2.36. The summed E-state index contributed by atoms with van der Waals surface area (Å²) >= 11 is 1.60. The van der Waals surface area contributed by atoms with E-state index in [9.17, 15) is 4.79 Å². The van der Waals surface area contributed by atoms with Crippen LogP contribution in [0.2, 0.25) is 0 Å². The highest BCUT2D eigenvalue weighted by Gasteiger charge is 2.20.